The van der Waals surface area contributed by atoms with Crippen LogP contribution in [0.4, 0.5) is 20.2 Å². The Balaban J connectivity index is 1.94. The first-order valence-electron chi connectivity index (χ1n) is 5.78. The Morgan fingerprint density at radius 1 is 1.20 bits per heavy atom. The van der Waals surface area contributed by atoms with E-state index < -0.39 is 24.1 Å². The number of amides is 1. The fourth-order valence-corrected chi connectivity index (χ4v) is 1.55. The summed E-state index contributed by atoms with van der Waals surface area (Å²) in [5.74, 6) is -2.96. The summed E-state index contributed by atoms with van der Waals surface area (Å²) in [5.41, 5.74) is 6.56. The number of ether oxygens (including phenoxy) is 1. The van der Waals surface area contributed by atoms with Crippen molar-refractivity contribution >= 4 is 17.3 Å². The molecule has 0 fully saturated rings. The van der Waals surface area contributed by atoms with Crippen molar-refractivity contribution < 1.29 is 18.3 Å². The fraction of sp³-hybridized carbons (Fsp3) is 0.0714. The lowest BCUT2D eigenvalue weighted by Crippen LogP contribution is -2.20. The number of carbonyl (C=O) groups excluding carboxylic acids is 1. The van der Waals surface area contributed by atoms with Gasteiger partial charge in [-0.05, 0) is 30.3 Å². The zero-order valence-corrected chi connectivity index (χ0v) is 10.4. The van der Waals surface area contributed by atoms with E-state index in [1.165, 1.54) is 12.1 Å². The second-order valence-corrected chi connectivity index (χ2v) is 4.01. The number of rotatable bonds is 4. The van der Waals surface area contributed by atoms with Gasteiger partial charge in [0.15, 0.2) is 18.2 Å². The second kappa shape index (κ2) is 6.01. The minimum absolute atomic E-state index is 0.312. The third-order valence-corrected chi connectivity index (χ3v) is 2.45. The highest BCUT2D eigenvalue weighted by Gasteiger charge is 2.10. The number of carbonyl (C=O) groups is 1. The Labute approximate surface area is 114 Å². The summed E-state index contributed by atoms with van der Waals surface area (Å²) in [6.45, 7) is -0.435. The van der Waals surface area contributed by atoms with Gasteiger partial charge in [-0.25, -0.2) is 4.39 Å². The van der Waals surface area contributed by atoms with E-state index >= 15 is 0 Å². The minimum atomic E-state index is -1.12. The van der Waals surface area contributed by atoms with Crippen molar-refractivity contribution in [2.24, 2.45) is 0 Å². The molecule has 0 saturated heterocycles. The highest BCUT2D eigenvalue weighted by atomic mass is 19.2. The van der Waals surface area contributed by atoms with Crippen LogP contribution in [0.1, 0.15) is 0 Å². The predicted octanol–water partition coefficient (Wildman–Crippen LogP) is 2.56. The van der Waals surface area contributed by atoms with Crippen LogP contribution < -0.4 is 15.8 Å². The van der Waals surface area contributed by atoms with Gasteiger partial charge < -0.3 is 15.8 Å². The van der Waals surface area contributed by atoms with Gasteiger partial charge in [0.1, 0.15) is 0 Å². The lowest BCUT2D eigenvalue weighted by molar-refractivity contribution is -0.118. The molecule has 0 aromatic heterocycles. The maximum atomic E-state index is 13.3. The van der Waals surface area contributed by atoms with Crippen LogP contribution in [0.2, 0.25) is 0 Å². The van der Waals surface area contributed by atoms with Gasteiger partial charge in [-0.15, -0.1) is 0 Å². The van der Waals surface area contributed by atoms with Gasteiger partial charge in [0.05, 0.1) is 0 Å². The maximum absolute atomic E-state index is 13.3. The highest BCUT2D eigenvalue weighted by molar-refractivity contribution is 5.92. The molecule has 20 heavy (non-hydrogen) atoms. The number of nitrogens with two attached hydrogens (primary N) is 1. The smallest absolute Gasteiger partial charge is 0.262 e. The summed E-state index contributed by atoms with van der Waals surface area (Å²) in [5, 5.41) is 2.53. The molecule has 0 bridgehead atoms. The summed E-state index contributed by atoms with van der Waals surface area (Å²) < 4.78 is 31.1. The Morgan fingerprint density at radius 2 is 1.95 bits per heavy atom. The molecule has 104 valence electrons. The van der Waals surface area contributed by atoms with Gasteiger partial charge in [-0.3, -0.25) is 4.79 Å². The van der Waals surface area contributed by atoms with E-state index in [-0.39, 0.29) is 5.75 Å². The number of anilines is 2. The first-order valence-corrected chi connectivity index (χ1v) is 5.78. The number of hydrogen-bond donors (Lipinski definition) is 2. The van der Waals surface area contributed by atoms with Crippen molar-refractivity contribution in [1.82, 2.24) is 0 Å². The molecule has 4 nitrogen and oxygen atoms in total. The molecule has 6 heteroatoms. The van der Waals surface area contributed by atoms with Crippen LogP contribution in [0.25, 0.3) is 0 Å². The molecule has 0 atom stereocenters. The summed E-state index contributed by atoms with van der Waals surface area (Å²) in [6, 6.07) is 10.1. The van der Waals surface area contributed by atoms with Crippen LogP contribution in [0.3, 0.4) is 0 Å². The SMILES string of the molecule is Nc1cccc(NC(=O)COc2cccc(F)c2F)c1. The van der Waals surface area contributed by atoms with E-state index in [2.05, 4.69) is 5.32 Å². The van der Waals surface area contributed by atoms with E-state index in [1.807, 2.05) is 0 Å². The van der Waals surface area contributed by atoms with Gasteiger partial charge in [0.2, 0.25) is 5.82 Å². The molecule has 0 aliphatic rings. The highest BCUT2D eigenvalue weighted by Crippen LogP contribution is 2.19. The third-order valence-electron chi connectivity index (χ3n) is 2.45. The molecule has 2 aromatic rings. The molecule has 0 radical (unpaired) electrons. The number of hydrogen-bond acceptors (Lipinski definition) is 3. The number of nitrogen functional groups attached to an aromatic ring is 1. The Hall–Kier alpha value is -2.63. The van der Waals surface area contributed by atoms with Crippen LogP contribution in [0.5, 0.6) is 5.75 Å². The average molecular weight is 278 g/mol. The fourth-order valence-electron chi connectivity index (χ4n) is 1.55. The summed E-state index contributed by atoms with van der Waals surface area (Å²) >= 11 is 0. The topological polar surface area (TPSA) is 64.3 Å². The molecule has 0 unspecified atom stereocenters. The first-order chi connectivity index (χ1) is 9.56. The Kier molecular flexibility index (Phi) is 4.14. The molecule has 0 aliphatic heterocycles. The molecular weight excluding hydrogens is 266 g/mol. The molecule has 2 rings (SSSR count). The summed E-state index contributed by atoms with van der Waals surface area (Å²) in [4.78, 5) is 11.6. The van der Waals surface area contributed by atoms with Gasteiger partial charge in [-0.1, -0.05) is 12.1 Å². The molecule has 0 heterocycles. The molecular formula is C14H12F2N2O2. The van der Waals surface area contributed by atoms with E-state index in [9.17, 15) is 13.6 Å². The van der Waals surface area contributed by atoms with E-state index in [0.717, 1.165) is 6.07 Å². The van der Waals surface area contributed by atoms with Crippen molar-refractivity contribution in [3.8, 4) is 5.75 Å². The number of halogens is 2. The predicted molar refractivity (Wildman–Crippen MR) is 71.3 cm³/mol. The quantitative estimate of drug-likeness (QED) is 0.845. The first kappa shape index (κ1) is 13.8. The van der Waals surface area contributed by atoms with Crippen LogP contribution in [-0.2, 0) is 4.79 Å². The molecule has 3 N–H and O–H groups in total. The average Bonchev–Trinajstić information content (AvgIpc) is 2.40. The summed E-state index contributed by atoms with van der Waals surface area (Å²) in [7, 11) is 0. The van der Waals surface area contributed by atoms with Crippen LogP contribution >= 0.6 is 0 Å². The van der Waals surface area contributed by atoms with Crippen molar-refractivity contribution in [3.63, 3.8) is 0 Å². The third kappa shape index (κ3) is 3.44. The molecule has 2 aromatic carbocycles. The van der Waals surface area contributed by atoms with Crippen LogP contribution in [0.15, 0.2) is 42.5 Å². The van der Waals surface area contributed by atoms with Gasteiger partial charge in [-0.2, -0.15) is 4.39 Å². The lowest BCUT2D eigenvalue weighted by atomic mass is 10.3. The molecule has 0 saturated carbocycles. The zero-order chi connectivity index (χ0) is 14.5. The van der Waals surface area contributed by atoms with Crippen molar-refractivity contribution in [3.05, 3.63) is 54.1 Å². The lowest BCUT2D eigenvalue weighted by Gasteiger charge is -2.08. The number of benzene rings is 2. The van der Waals surface area contributed by atoms with Crippen molar-refractivity contribution in [2.45, 2.75) is 0 Å². The summed E-state index contributed by atoms with van der Waals surface area (Å²) in [6.07, 6.45) is 0. The van der Waals surface area contributed by atoms with Gasteiger partial charge in [0, 0.05) is 11.4 Å². The Morgan fingerprint density at radius 3 is 2.70 bits per heavy atom. The molecule has 1 amide bonds. The minimum Gasteiger partial charge on any atom is -0.481 e. The standard InChI is InChI=1S/C14H12F2N2O2/c15-11-5-2-6-12(14(11)16)20-8-13(19)18-10-4-1-3-9(17)7-10/h1-7H,8,17H2,(H,18,19). The molecule has 0 aliphatic carbocycles. The second-order valence-electron chi connectivity index (χ2n) is 4.01. The maximum Gasteiger partial charge on any atom is 0.262 e. The van der Waals surface area contributed by atoms with E-state index in [1.54, 1.807) is 24.3 Å². The van der Waals surface area contributed by atoms with Crippen LogP contribution in [0, 0.1) is 11.6 Å². The van der Waals surface area contributed by atoms with Crippen LogP contribution in [-0.4, -0.2) is 12.5 Å². The zero-order valence-electron chi connectivity index (χ0n) is 10.4. The van der Waals surface area contributed by atoms with Crippen molar-refractivity contribution in [1.29, 1.82) is 0 Å². The van der Waals surface area contributed by atoms with Gasteiger partial charge >= 0.3 is 0 Å². The Bertz CT molecular complexity index is 632. The van der Waals surface area contributed by atoms with E-state index in [4.69, 9.17) is 10.5 Å². The van der Waals surface area contributed by atoms with E-state index in [0.29, 0.717) is 11.4 Å². The normalized spacial score (nSPS) is 10.1. The van der Waals surface area contributed by atoms with Crippen molar-refractivity contribution in [2.75, 3.05) is 17.7 Å². The number of nitrogens with one attached hydrogen (secondary N) is 1. The molecule has 0 spiro atoms. The monoisotopic (exact) mass is 278 g/mol. The largest absolute Gasteiger partial charge is 0.481 e. The van der Waals surface area contributed by atoms with Gasteiger partial charge in [0.25, 0.3) is 5.91 Å².